The molecule has 0 atom stereocenters. The van der Waals surface area contributed by atoms with Gasteiger partial charge < -0.3 is 14.8 Å². The number of nitrogens with one attached hydrogen (secondary N) is 1. The van der Waals surface area contributed by atoms with Crippen LogP contribution in [0, 0.1) is 0 Å². The highest BCUT2D eigenvalue weighted by molar-refractivity contribution is 7.85. The maximum Gasteiger partial charge on any atom is 0.264 e. The predicted octanol–water partition coefficient (Wildman–Crippen LogP) is 2.19. The van der Waals surface area contributed by atoms with Gasteiger partial charge in [-0.1, -0.05) is 0 Å². The molecule has 0 aliphatic heterocycles. The number of hydrogen-bond donors (Lipinski definition) is 1. The number of anilines is 1. The van der Waals surface area contributed by atoms with Gasteiger partial charge in [-0.2, -0.15) is 8.42 Å². The molecule has 0 aliphatic rings. The van der Waals surface area contributed by atoms with Gasteiger partial charge in [-0.3, -0.25) is 8.98 Å². The van der Waals surface area contributed by atoms with Crippen molar-refractivity contribution >= 4 is 21.7 Å². The number of carbonyl (C=O) groups excluding carboxylic acids is 1. The molecule has 1 aromatic rings. The van der Waals surface area contributed by atoms with Crippen LogP contribution in [-0.2, 0) is 23.8 Å². The first kappa shape index (κ1) is 20.4. The van der Waals surface area contributed by atoms with E-state index in [2.05, 4.69) is 9.50 Å². The second-order valence-corrected chi connectivity index (χ2v) is 7.11. The summed E-state index contributed by atoms with van der Waals surface area (Å²) in [5.74, 6) is 0.526. The van der Waals surface area contributed by atoms with Crippen LogP contribution in [-0.4, -0.2) is 46.5 Å². The van der Waals surface area contributed by atoms with Crippen LogP contribution in [0.1, 0.15) is 26.7 Å². The first-order chi connectivity index (χ1) is 11.3. The smallest absolute Gasteiger partial charge is 0.264 e. The molecule has 1 rings (SSSR count). The molecular formula is C16H25NO6S. The fourth-order valence-electron chi connectivity index (χ4n) is 1.70. The lowest BCUT2D eigenvalue weighted by Gasteiger charge is -2.09. The van der Waals surface area contributed by atoms with E-state index in [4.69, 9.17) is 9.47 Å². The largest absolute Gasteiger partial charge is 0.494 e. The summed E-state index contributed by atoms with van der Waals surface area (Å²) in [6.45, 7) is 4.66. The third-order valence-corrected chi connectivity index (χ3v) is 3.37. The van der Waals surface area contributed by atoms with Gasteiger partial charge in [0, 0.05) is 12.1 Å². The Morgan fingerprint density at radius 1 is 1.12 bits per heavy atom. The maximum atomic E-state index is 11.7. The van der Waals surface area contributed by atoms with Gasteiger partial charge in [-0.15, -0.1) is 0 Å². The van der Waals surface area contributed by atoms with Crippen molar-refractivity contribution in [2.24, 2.45) is 0 Å². The summed E-state index contributed by atoms with van der Waals surface area (Å²) in [7, 11) is -3.40. The minimum Gasteiger partial charge on any atom is -0.494 e. The van der Waals surface area contributed by atoms with Crippen LogP contribution in [0.3, 0.4) is 0 Å². The summed E-state index contributed by atoms with van der Waals surface area (Å²) in [6.07, 6.45) is 1.88. The number of ether oxygens (including phenoxy) is 2. The summed E-state index contributed by atoms with van der Waals surface area (Å²) in [4.78, 5) is 11.7. The molecule has 0 heterocycles. The highest BCUT2D eigenvalue weighted by Gasteiger charge is 2.04. The van der Waals surface area contributed by atoms with E-state index >= 15 is 0 Å². The molecule has 0 unspecified atom stereocenters. The standard InChI is InChI=1S/C16H25NO6S/c1-13(2)21-12-9-16(18)17-14-5-7-15(8-6-14)22-10-4-11-23-24(3,19)20/h5-8,13H,4,9-12H2,1-3H3,(H,17,18). The molecule has 1 amide bonds. The van der Waals surface area contributed by atoms with Crippen molar-refractivity contribution in [3.8, 4) is 5.75 Å². The zero-order chi connectivity index (χ0) is 18.0. The topological polar surface area (TPSA) is 90.9 Å². The summed E-state index contributed by atoms with van der Waals surface area (Å²) in [6, 6.07) is 6.95. The Morgan fingerprint density at radius 3 is 2.38 bits per heavy atom. The van der Waals surface area contributed by atoms with E-state index in [0.29, 0.717) is 37.5 Å². The van der Waals surface area contributed by atoms with Gasteiger partial charge in [-0.25, -0.2) is 0 Å². The molecule has 0 aliphatic carbocycles. The van der Waals surface area contributed by atoms with Crippen molar-refractivity contribution in [2.45, 2.75) is 32.8 Å². The van der Waals surface area contributed by atoms with Crippen molar-refractivity contribution in [3.05, 3.63) is 24.3 Å². The predicted molar refractivity (Wildman–Crippen MR) is 91.7 cm³/mol. The Morgan fingerprint density at radius 2 is 1.79 bits per heavy atom. The van der Waals surface area contributed by atoms with Crippen LogP contribution >= 0.6 is 0 Å². The summed E-state index contributed by atoms with van der Waals surface area (Å²) in [5.41, 5.74) is 0.678. The highest BCUT2D eigenvalue weighted by Crippen LogP contribution is 2.16. The van der Waals surface area contributed by atoms with Gasteiger partial charge in [0.2, 0.25) is 5.91 Å². The minimum atomic E-state index is -3.40. The SMILES string of the molecule is CC(C)OCCC(=O)Nc1ccc(OCCCOS(C)(=O)=O)cc1. The Hall–Kier alpha value is -1.64. The van der Waals surface area contributed by atoms with E-state index in [1.807, 2.05) is 13.8 Å². The number of amides is 1. The molecule has 1 aromatic carbocycles. The molecular weight excluding hydrogens is 334 g/mol. The molecule has 0 bridgehead atoms. The lowest BCUT2D eigenvalue weighted by atomic mass is 10.3. The van der Waals surface area contributed by atoms with Gasteiger partial charge in [0.05, 0.1) is 38.6 Å². The molecule has 0 spiro atoms. The van der Waals surface area contributed by atoms with Crippen LogP contribution in [0.4, 0.5) is 5.69 Å². The van der Waals surface area contributed by atoms with Crippen molar-refractivity contribution in [1.29, 1.82) is 0 Å². The van der Waals surface area contributed by atoms with E-state index in [1.54, 1.807) is 24.3 Å². The first-order valence-corrected chi connectivity index (χ1v) is 9.56. The maximum absolute atomic E-state index is 11.7. The van der Waals surface area contributed by atoms with E-state index < -0.39 is 10.1 Å². The van der Waals surface area contributed by atoms with Crippen LogP contribution < -0.4 is 10.1 Å². The second kappa shape index (κ2) is 10.3. The third-order valence-electron chi connectivity index (χ3n) is 2.77. The van der Waals surface area contributed by atoms with E-state index in [-0.39, 0.29) is 18.6 Å². The van der Waals surface area contributed by atoms with Crippen LogP contribution in [0.25, 0.3) is 0 Å². The second-order valence-electron chi connectivity index (χ2n) is 5.47. The van der Waals surface area contributed by atoms with Gasteiger partial charge in [0.25, 0.3) is 10.1 Å². The van der Waals surface area contributed by atoms with Crippen LogP contribution in [0.2, 0.25) is 0 Å². The molecule has 24 heavy (non-hydrogen) atoms. The van der Waals surface area contributed by atoms with E-state index in [1.165, 1.54) is 0 Å². The molecule has 0 aromatic heterocycles. The lowest BCUT2D eigenvalue weighted by Crippen LogP contribution is -2.15. The van der Waals surface area contributed by atoms with Crippen molar-refractivity contribution in [3.63, 3.8) is 0 Å². The summed E-state index contributed by atoms with van der Waals surface area (Å²) < 4.78 is 37.0. The average Bonchev–Trinajstić information content (AvgIpc) is 2.47. The Kier molecular flexibility index (Phi) is 8.73. The summed E-state index contributed by atoms with van der Waals surface area (Å²) >= 11 is 0. The zero-order valence-electron chi connectivity index (χ0n) is 14.3. The van der Waals surface area contributed by atoms with Crippen LogP contribution in [0.5, 0.6) is 5.75 Å². The molecule has 0 fully saturated rings. The normalized spacial score (nSPS) is 11.5. The molecule has 136 valence electrons. The fourth-order valence-corrected chi connectivity index (χ4v) is 2.13. The number of hydrogen-bond acceptors (Lipinski definition) is 6. The van der Waals surface area contributed by atoms with E-state index in [0.717, 1.165) is 6.26 Å². The third kappa shape index (κ3) is 10.2. The zero-order valence-corrected chi connectivity index (χ0v) is 15.1. The Balaban J connectivity index is 2.26. The molecule has 8 heteroatoms. The van der Waals surface area contributed by atoms with Crippen molar-refractivity contribution in [1.82, 2.24) is 0 Å². The van der Waals surface area contributed by atoms with E-state index in [9.17, 15) is 13.2 Å². The Bertz CT molecular complexity index is 597. The molecule has 7 nitrogen and oxygen atoms in total. The molecule has 1 N–H and O–H groups in total. The lowest BCUT2D eigenvalue weighted by molar-refractivity contribution is -0.117. The highest BCUT2D eigenvalue weighted by atomic mass is 32.2. The van der Waals surface area contributed by atoms with Crippen LogP contribution in [0.15, 0.2) is 24.3 Å². The Labute approximate surface area is 143 Å². The molecule has 0 radical (unpaired) electrons. The average molecular weight is 359 g/mol. The molecule has 0 saturated carbocycles. The number of rotatable bonds is 11. The number of carbonyl (C=O) groups is 1. The first-order valence-electron chi connectivity index (χ1n) is 7.75. The fraction of sp³-hybridized carbons (Fsp3) is 0.562. The van der Waals surface area contributed by atoms with Gasteiger partial charge in [0.15, 0.2) is 0 Å². The van der Waals surface area contributed by atoms with Crippen molar-refractivity contribution in [2.75, 3.05) is 31.4 Å². The van der Waals surface area contributed by atoms with Gasteiger partial charge in [-0.05, 0) is 38.1 Å². The molecule has 0 saturated heterocycles. The van der Waals surface area contributed by atoms with Gasteiger partial charge in [0.1, 0.15) is 5.75 Å². The summed E-state index contributed by atoms with van der Waals surface area (Å²) in [5, 5.41) is 2.77. The quantitative estimate of drug-likeness (QED) is 0.481. The van der Waals surface area contributed by atoms with Gasteiger partial charge >= 0.3 is 0 Å². The van der Waals surface area contributed by atoms with Crippen molar-refractivity contribution < 1.29 is 26.9 Å². The monoisotopic (exact) mass is 359 g/mol. The minimum absolute atomic E-state index is 0.0887. The number of benzene rings is 1.